The van der Waals surface area contributed by atoms with Crippen LogP contribution in [0.2, 0.25) is 0 Å². The third-order valence-corrected chi connectivity index (χ3v) is 1.92. The number of aromatic amines is 1. The van der Waals surface area contributed by atoms with Crippen molar-refractivity contribution in [2.45, 2.75) is 18.9 Å². The first-order valence-electron chi connectivity index (χ1n) is 4.71. The number of aromatic nitrogens is 2. The molecular weight excluding hydrogens is 230 g/mol. The van der Waals surface area contributed by atoms with Crippen LogP contribution in [0.1, 0.15) is 12.1 Å². The highest BCUT2D eigenvalue weighted by molar-refractivity contribution is 5.87. The first-order valence-corrected chi connectivity index (χ1v) is 4.71. The Morgan fingerprint density at radius 3 is 2.59 bits per heavy atom. The molecule has 0 fully saturated rings. The lowest BCUT2D eigenvalue weighted by molar-refractivity contribution is -0.147. The topological polar surface area (TPSA) is 132 Å². The van der Waals surface area contributed by atoms with Crippen molar-refractivity contribution in [3.8, 4) is 0 Å². The van der Waals surface area contributed by atoms with E-state index in [1.807, 2.05) is 0 Å². The molecule has 0 radical (unpaired) electrons. The second-order valence-corrected chi connectivity index (χ2v) is 3.31. The minimum Gasteiger partial charge on any atom is -0.481 e. The van der Waals surface area contributed by atoms with Crippen LogP contribution in [0.5, 0.6) is 0 Å². The van der Waals surface area contributed by atoms with Crippen molar-refractivity contribution < 1.29 is 24.6 Å². The number of hydrogen-bond donors (Lipinski definition) is 4. The lowest BCUT2D eigenvalue weighted by Gasteiger charge is -2.11. The van der Waals surface area contributed by atoms with E-state index in [0.29, 0.717) is 5.69 Å². The van der Waals surface area contributed by atoms with Crippen LogP contribution in [-0.2, 0) is 20.8 Å². The fourth-order valence-corrected chi connectivity index (χ4v) is 1.18. The van der Waals surface area contributed by atoms with E-state index in [2.05, 4.69) is 15.5 Å². The Labute approximate surface area is 95.6 Å². The SMILES string of the molecule is O=C(O)C[C@@H](NC(=O)Cc1ccn[nH]1)C(=O)O. The monoisotopic (exact) mass is 241 g/mol. The summed E-state index contributed by atoms with van der Waals surface area (Å²) in [7, 11) is 0. The minimum absolute atomic E-state index is 0.0800. The van der Waals surface area contributed by atoms with Gasteiger partial charge in [0, 0.05) is 11.9 Å². The smallest absolute Gasteiger partial charge is 0.326 e. The zero-order valence-electron chi connectivity index (χ0n) is 8.71. The van der Waals surface area contributed by atoms with Crippen molar-refractivity contribution >= 4 is 17.8 Å². The summed E-state index contributed by atoms with van der Waals surface area (Å²) in [6, 6.07) is 0.134. The Morgan fingerprint density at radius 2 is 2.12 bits per heavy atom. The number of rotatable bonds is 6. The molecule has 4 N–H and O–H groups in total. The number of carbonyl (C=O) groups excluding carboxylic acids is 1. The highest BCUT2D eigenvalue weighted by atomic mass is 16.4. The molecule has 1 heterocycles. The Hall–Kier alpha value is -2.38. The molecule has 0 bridgehead atoms. The fraction of sp³-hybridized carbons (Fsp3) is 0.333. The number of amides is 1. The van der Waals surface area contributed by atoms with Crippen molar-refractivity contribution in [3.05, 3.63) is 18.0 Å². The summed E-state index contributed by atoms with van der Waals surface area (Å²) in [6.07, 6.45) is 0.710. The average molecular weight is 241 g/mol. The molecule has 0 spiro atoms. The van der Waals surface area contributed by atoms with Crippen LogP contribution >= 0.6 is 0 Å². The van der Waals surface area contributed by atoms with E-state index in [9.17, 15) is 14.4 Å². The second kappa shape index (κ2) is 5.64. The number of carbonyl (C=O) groups is 3. The molecule has 0 aromatic carbocycles. The molecule has 8 heteroatoms. The average Bonchev–Trinajstić information content (AvgIpc) is 2.68. The maximum atomic E-state index is 11.4. The summed E-state index contributed by atoms with van der Waals surface area (Å²) in [5.41, 5.74) is 0.516. The molecule has 0 saturated heterocycles. The van der Waals surface area contributed by atoms with Crippen molar-refractivity contribution in [2.24, 2.45) is 0 Å². The molecule has 0 unspecified atom stereocenters. The maximum Gasteiger partial charge on any atom is 0.326 e. The largest absolute Gasteiger partial charge is 0.481 e. The van der Waals surface area contributed by atoms with E-state index < -0.39 is 30.3 Å². The van der Waals surface area contributed by atoms with E-state index in [0.717, 1.165) is 0 Å². The van der Waals surface area contributed by atoms with Gasteiger partial charge in [-0.25, -0.2) is 4.79 Å². The third kappa shape index (κ3) is 4.33. The molecule has 0 aliphatic carbocycles. The number of nitrogens with zero attached hydrogens (tertiary/aromatic N) is 1. The van der Waals surface area contributed by atoms with Crippen LogP contribution < -0.4 is 5.32 Å². The van der Waals surface area contributed by atoms with E-state index in [1.165, 1.54) is 6.20 Å². The van der Waals surface area contributed by atoms with Gasteiger partial charge in [-0.2, -0.15) is 5.10 Å². The first-order chi connectivity index (χ1) is 7.99. The van der Waals surface area contributed by atoms with E-state index in [1.54, 1.807) is 6.07 Å². The van der Waals surface area contributed by atoms with Crippen LogP contribution in [0.4, 0.5) is 0 Å². The Balaban J connectivity index is 2.52. The molecule has 0 aliphatic rings. The molecule has 1 rings (SSSR count). The first kappa shape index (κ1) is 12.7. The number of carboxylic acid groups (broad SMARTS) is 2. The van der Waals surface area contributed by atoms with Crippen molar-refractivity contribution in [2.75, 3.05) is 0 Å². The molecule has 0 aliphatic heterocycles. The molecule has 8 nitrogen and oxygen atoms in total. The van der Waals surface area contributed by atoms with E-state index in [4.69, 9.17) is 10.2 Å². The van der Waals surface area contributed by atoms with Gasteiger partial charge in [0.2, 0.25) is 5.91 Å². The highest BCUT2D eigenvalue weighted by Crippen LogP contribution is 1.97. The Morgan fingerprint density at radius 1 is 1.41 bits per heavy atom. The number of carboxylic acids is 2. The van der Waals surface area contributed by atoms with Crippen LogP contribution in [0, 0.1) is 0 Å². The second-order valence-electron chi connectivity index (χ2n) is 3.31. The quantitative estimate of drug-likeness (QED) is 0.504. The van der Waals surface area contributed by atoms with Crippen LogP contribution in [0.3, 0.4) is 0 Å². The normalized spacial score (nSPS) is 11.8. The zero-order chi connectivity index (χ0) is 12.8. The van der Waals surface area contributed by atoms with Gasteiger partial charge in [0.25, 0.3) is 0 Å². The maximum absolute atomic E-state index is 11.4. The van der Waals surface area contributed by atoms with Crippen molar-refractivity contribution in [3.63, 3.8) is 0 Å². The number of H-pyrrole nitrogens is 1. The molecule has 0 saturated carbocycles. The van der Waals surface area contributed by atoms with Gasteiger partial charge in [0.05, 0.1) is 12.8 Å². The van der Waals surface area contributed by atoms with Gasteiger partial charge in [-0.1, -0.05) is 0 Å². The highest BCUT2D eigenvalue weighted by Gasteiger charge is 2.22. The molecule has 1 atom stereocenters. The van der Waals surface area contributed by atoms with Crippen LogP contribution in [0.25, 0.3) is 0 Å². The summed E-state index contributed by atoms with van der Waals surface area (Å²) in [5.74, 6) is -3.26. The Bertz CT molecular complexity index is 414. The van der Waals surface area contributed by atoms with Gasteiger partial charge >= 0.3 is 11.9 Å². The van der Waals surface area contributed by atoms with Gasteiger partial charge in [0.1, 0.15) is 6.04 Å². The van der Waals surface area contributed by atoms with Gasteiger partial charge in [-0.05, 0) is 6.07 Å². The van der Waals surface area contributed by atoms with Gasteiger partial charge in [-0.3, -0.25) is 14.7 Å². The molecular formula is C9H11N3O5. The van der Waals surface area contributed by atoms with Gasteiger partial charge < -0.3 is 15.5 Å². The summed E-state index contributed by atoms with van der Waals surface area (Å²) in [4.78, 5) is 32.4. The molecule has 1 aromatic heterocycles. The zero-order valence-corrected chi connectivity index (χ0v) is 8.71. The number of aliphatic carboxylic acids is 2. The summed E-state index contributed by atoms with van der Waals surface area (Å²) in [5, 5.41) is 25.4. The number of nitrogens with one attached hydrogen (secondary N) is 2. The predicted octanol–water partition coefficient (Wildman–Crippen LogP) is -1.00. The summed E-state index contributed by atoms with van der Waals surface area (Å²) in [6.45, 7) is 0. The van der Waals surface area contributed by atoms with Gasteiger partial charge in [0.15, 0.2) is 0 Å². The predicted molar refractivity (Wildman–Crippen MR) is 54.1 cm³/mol. The molecule has 1 aromatic rings. The van der Waals surface area contributed by atoms with E-state index >= 15 is 0 Å². The van der Waals surface area contributed by atoms with Gasteiger partial charge in [-0.15, -0.1) is 0 Å². The Kier molecular flexibility index (Phi) is 4.21. The molecule has 17 heavy (non-hydrogen) atoms. The lowest BCUT2D eigenvalue weighted by atomic mass is 10.2. The molecule has 1 amide bonds. The lowest BCUT2D eigenvalue weighted by Crippen LogP contribution is -2.42. The van der Waals surface area contributed by atoms with Crippen molar-refractivity contribution in [1.82, 2.24) is 15.5 Å². The fourth-order valence-electron chi connectivity index (χ4n) is 1.18. The minimum atomic E-state index is -1.43. The summed E-state index contributed by atoms with van der Waals surface area (Å²) >= 11 is 0. The van der Waals surface area contributed by atoms with Crippen LogP contribution in [0.15, 0.2) is 12.3 Å². The van der Waals surface area contributed by atoms with Crippen LogP contribution in [-0.4, -0.2) is 44.3 Å². The standard InChI is InChI=1S/C9H11N3O5/c13-7(3-5-1-2-10-12-5)11-6(9(16)17)4-8(14)15/h1-2,6H,3-4H2,(H,10,12)(H,11,13)(H,14,15)(H,16,17)/t6-/m1/s1. The number of hydrogen-bond acceptors (Lipinski definition) is 4. The molecule has 92 valence electrons. The van der Waals surface area contributed by atoms with Crippen molar-refractivity contribution in [1.29, 1.82) is 0 Å². The van der Waals surface area contributed by atoms with E-state index in [-0.39, 0.29) is 6.42 Å². The third-order valence-electron chi connectivity index (χ3n) is 1.92. The summed E-state index contributed by atoms with van der Waals surface area (Å²) < 4.78 is 0.